The molecule has 0 saturated heterocycles. The van der Waals surface area contributed by atoms with E-state index < -0.39 is 17.1 Å². The highest BCUT2D eigenvalue weighted by molar-refractivity contribution is 8.00. The lowest BCUT2D eigenvalue weighted by Crippen LogP contribution is -2.30. The molecule has 3 amide bonds. The second kappa shape index (κ2) is 14.2. The standard InChI is InChI=1S/C31H24Cl3N3O3S/c1-19(29(38)36-27-16-6-5-13-26(27)34)41-22-12-7-11-21(17-22)35-31(40)28(18-23-24(32)14-8-15-25(23)33)37-30(39)20-9-3-2-4-10-20/h2-19H,1H3,(H,35,40)(H,36,38)(H,37,39)/b28-18+. The van der Waals surface area contributed by atoms with E-state index >= 15 is 0 Å². The Hall–Kier alpha value is -3.75. The highest BCUT2D eigenvalue weighted by atomic mass is 35.5. The maximum absolute atomic E-state index is 13.4. The number of hydrogen-bond acceptors (Lipinski definition) is 4. The van der Waals surface area contributed by atoms with Crippen LogP contribution < -0.4 is 16.0 Å². The van der Waals surface area contributed by atoms with Crippen LogP contribution in [0.25, 0.3) is 6.08 Å². The molecule has 0 saturated carbocycles. The highest BCUT2D eigenvalue weighted by Gasteiger charge is 2.19. The van der Waals surface area contributed by atoms with Crippen molar-refractivity contribution in [3.05, 3.63) is 129 Å². The minimum atomic E-state index is -0.586. The zero-order valence-corrected chi connectivity index (χ0v) is 24.7. The van der Waals surface area contributed by atoms with E-state index in [1.807, 2.05) is 6.07 Å². The van der Waals surface area contributed by atoms with Gasteiger partial charge in [-0.3, -0.25) is 14.4 Å². The third kappa shape index (κ3) is 8.38. The Morgan fingerprint density at radius 2 is 1.39 bits per heavy atom. The number of benzene rings is 4. The molecular formula is C31H24Cl3N3O3S. The van der Waals surface area contributed by atoms with Gasteiger partial charge in [0.2, 0.25) is 5.91 Å². The molecule has 0 aliphatic rings. The summed E-state index contributed by atoms with van der Waals surface area (Å²) in [6.07, 6.45) is 1.43. The number of thioether (sulfide) groups is 1. The highest BCUT2D eigenvalue weighted by Crippen LogP contribution is 2.29. The summed E-state index contributed by atoms with van der Waals surface area (Å²) in [6, 6.07) is 27.5. The maximum atomic E-state index is 13.4. The first-order chi connectivity index (χ1) is 19.7. The number of rotatable bonds is 9. The Morgan fingerprint density at radius 3 is 2.10 bits per heavy atom. The third-order valence-electron chi connectivity index (χ3n) is 5.72. The van der Waals surface area contributed by atoms with Gasteiger partial charge in [0.15, 0.2) is 0 Å². The zero-order chi connectivity index (χ0) is 29.4. The first kappa shape index (κ1) is 30.2. The van der Waals surface area contributed by atoms with Gasteiger partial charge in [-0.1, -0.05) is 77.3 Å². The molecule has 0 fully saturated rings. The van der Waals surface area contributed by atoms with Crippen LogP contribution >= 0.6 is 46.6 Å². The van der Waals surface area contributed by atoms with Crippen molar-refractivity contribution in [2.24, 2.45) is 0 Å². The van der Waals surface area contributed by atoms with Gasteiger partial charge in [-0.15, -0.1) is 11.8 Å². The van der Waals surface area contributed by atoms with Crippen LogP contribution in [-0.4, -0.2) is 23.0 Å². The predicted molar refractivity (Wildman–Crippen MR) is 169 cm³/mol. The van der Waals surface area contributed by atoms with E-state index in [9.17, 15) is 14.4 Å². The van der Waals surface area contributed by atoms with Gasteiger partial charge >= 0.3 is 0 Å². The molecular weight excluding hydrogens is 601 g/mol. The first-order valence-electron chi connectivity index (χ1n) is 12.4. The fourth-order valence-corrected chi connectivity index (χ4v) is 5.25. The smallest absolute Gasteiger partial charge is 0.272 e. The largest absolute Gasteiger partial charge is 0.324 e. The van der Waals surface area contributed by atoms with Crippen LogP contribution in [0.5, 0.6) is 0 Å². The summed E-state index contributed by atoms with van der Waals surface area (Å²) in [5.74, 6) is -1.28. The van der Waals surface area contributed by atoms with E-state index in [0.717, 1.165) is 4.90 Å². The Kier molecular flexibility index (Phi) is 10.5. The molecule has 0 spiro atoms. The fraction of sp³-hybridized carbons (Fsp3) is 0.0645. The Morgan fingerprint density at radius 1 is 0.756 bits per heavy atom. The monoisotopic (exact) mass is 623 g/mol. The van der Waals surface area contributed by atoms with E-state index in [-0.39, 0.29) is 11.6 Å². The van der Waals surface area contributed by atoms with Gasteiger partial charge in [0, 0.05) is 31.8 Å². The molecule has 4 rings (SSSR count). The van der Waals surface area contributed by atoms with Crippen LogP contribution in [-0.2, 0) is 9.59 Å². The van der Waals surface area contributed by atoms with E-state index in [0.29, 0.717) is 37.6 Å². The molecule has 10 heteroatoms. The quantitative estimate of drug-likeness (QED) is 0.129. The second-order valence-corrected chi connectivity index (χ2v) is 11.4. The maximum Gasteiger partial charge on any atom is 0.272 e. The third-order valence-corrected chi connectivity index (χ3v) is 7.81. The van der Waals surface area contributed by atoms with Crippen molar-refractivity contribution in [1.29, 1.82) is 0 Å². The van der Waals surface area contributed by atoms with E-state index in [1.54, 1.807) is 97.9 Å². The van der Waals surface area contributed by atoms with Gasteiger partial charge in [-0.2, -0.15) is 0 Å². The van der Waals surface area contributed by atoms with Crippen molar-refractivity contribution in [2.45, 2.75) is 17.1 Å². The summed E-state index contributed by atoms with van der Waals surface area (Å²) >= 11 is 20.1. The molecule has 0 heterocycles. The van der Waals surface area contributed by atoms with Gasteiger partial charge < -0.3 is 16.0 Å². The second-order valence-electron chi connectivity index (χ2n) is 8.72. The minimum absolute atomic E-state index is 0.0561. The lowest BCUT2D eigenvalue weighted by atomic mass is 10.1. The summed E-state index contributed by atoms with van der Waals surface area (Å²) in [4.78, 5) is 39.8. The van der Waals surface area contributed by atoms with Crippen molar-refractivity contribution in [2.75, 3.05) is 10.6 Å². The summed E-state index contributed by atoms with van der Waals surface area (Å²) in [7, 11) is 0. The number of halogens is 3. The van der Waals surface area contributed by atoms with E-state index in [4.69, 9.17) is 34.8 Å². The average Bonchev–Trinajstić information content (AvgIpc) is 2.96. The molecule has 1 atom stereocenters. The molecule has 0 aliphatic heterocycles. The van der Waals surface area contributed by atoms with Gasteiger partial charge in [-0.05, 0) is 67.6 Å². The predicted octanol–water partition coefficient (Wildman–Crippen LogP) is 8.18. The molecule has 4 aromatic carbocycles. The number of amides is 3. The van der Waals surface area contributed by atoms with Crippen LogP contribution in [0.1, 0.15) is 22.8 Å². The summed E-state index contributed by atoms with van der Waals surface area (Å²) in [5.41, 5.74) is 1.70. The molecule has 0 radical (unpaired) electrons. The molecule has 4 aromatic rings. The van der Waals surface area contributed by atoms with Crippen LogP contribution in [0.15, 0.2) is 108 Å². The number of para-hydroxylation sites is 1. The number of carbonyl (C=O) groups is 3. The average molecular weight is 625 g/mol. The van der Waals surface area contributed by atoms with Crippen molar-refractivity contribution in [1.82, 2.24) is 5.32 Å². The van der Waals surface area contributed by atoms with Crippen molar-refractivity contribution in [3.63, 3.8) is 0 Å². The number of anilines is 2. The molecule has 0 aromatic heterocycles. The summed E-state index contributed by atoms with van der Waals surface area (Å²) < 4.78 is 0. The molecule has 0 bridgehead atoms. The molecule has 3 N–H and O–H groups in total. The fourth-order valence-electron chi connectivity index (χ4n) is 3.64. The Labute approximate surface area is 257 Å². The van der Waals surface area contributed by atoms with Crippen LogP contribution in [0, 0.1) is 0 Å². The van der Waals surface area contributed by atoms with Gasteiger partial charge in [0.05, 0.1) is 16.0 Å². The lowest BCUT2D eigenvalue weighted by Gasteiger charge is -2.15. The van der Waals surface area contributed by atoms with Gasteiger partial charge in [-0.25, -0.2) is 0 Å². The van der Waals surface area contributed by atoms with Crippen LogP contribution in [0.2, 0.25) is 15.1 Å². The van der Waals surface area contributed by atoms with Crippen LogP contribution in [0.3, 0.4) is 0 Å². The minimum Gasteiger partial charge on any atom is -0.324 e. The molecule has 6 nitrogen and oxygen atoms in total. The van der Waals surface area contributed by atoms with Crippen molar-refractivity contribution in [3.8, 4) is 0 Å². The van der Waals surface area contributed by atoms with Crippen molar-refractivity contribution >= 4 is 81.7 Å². The number of hydrogen-bond donors (Lipinski definition) is 3. The molecule has 0 aliphatic carbocycles. The summed E-state index contributed by atoms with van der Waals surface area (Å²) in [6.45, 7) is 1.77. The molecule has 41 heavy (non-hydrogen) atoms. The van der Waals surface area contributed by atoms with Crippen molar-refractivity contribution < 1.29 is 14.4 Å². The summed E-state index contributed by atoms with van der Waals surface area (Å²) in [5, 5.41) is 8.93. The Bertz CT molecular complexity index is 1590. The van der Waals surface area contributed by atoms with Gasteiger partial charge in [0.25, 0.3) is 11.8 Å². The van der Waals surface area contributed by atoms with Gasteiger partial charge in [0.1, 0.15) is 5.70 Å². The van der Waals surface area contributed by atoms with E-state index in [1.165, 1.54) is 17.8 Å². The van der Waals surface area contributed by atoms with E-state index in [2.05, 4.69) is 16.0 Å². The molecule has 208 valence electrons. The topological polar surface area (TPSA) is 87.3 Å². The first-order valence-corrected chi connectivity index (χ1v) is 14.4. The lowest BCUT2D eigenvalue weighted by molar-refractivity contribution is -0.115. The SMILES string of the molecule is CC(Sc1cccc(NC(=O)/C(=C\c2c(Cl)cccc2Cl)NC(=O)c2ccccc2)c1)C(=O)Nc1ccccc1Cl. The Balaban J connectivity index is 1.52. The number of nitrogens with one attached hydrogen (secondary N) is 3. The van der Waals surface area contributed by atoms with Crippen LogP contribution in [0.4, 0.5) is 11.4 Å². The molecule has 1 unspecified atom stereocenters. The zero-order valence-electron chi connectivity index (χ0n) is 21.7. The normalized spacial score (nSPS) is 11.9. The number of carbonyl (C=O) groups excluding carboxylic acids is 3.